The van der Waals surface area contributed by atoms with Crippen LogP contribution in [0, 0.1) is 0 Å². The number of carbonyl (C=O) groups is 1. The highest BCUT2D eigenvalue weighted by Gasteiger charge is 2.35. The highest BCUT2D eigenvalue weighted by Crippen LogP contribution is 2.25. The molecule has 116 valence electrons. The van der Waals surface area contributed by atoms with Gasteiger partial charge in [0.25, 0.3) is 0 Å². The largest absolute Gasteiger partial charge is 0.465 e. The molecule has 1 N–H and O–H groups in total. The van der Waals surface area contributed by atoms with Gasteiger partial charge in [-0.25, -0.2) is 0 Å². The number of methoxy groups -OCH3 is 1. The number of rotatable bonds is 7. The number of hydrogen-bond acceptors (Lipinski definition) is 5. The van der Waals surface area contributed by atoms with Crippen molar-refractivity contribution in [3.05, 3.63) is 0 Å². The fraction of sp³-hybridized carbons (Fsp3) is 0.933. The van der Waals surface area contributed by atoms with Crippen LogP contribution in [0.15, 0.2) is 0 Å². The first kappa shape index (κ1) is 15.7. The van der Waals surface area contributed by atoms with E-state index in [2.05, 4.69) is 17.1 Å². The Morgan fingerprint density at radius 3 is 2.85 bits per heavy atom. The van der Waals surface area contributed by atoms with Gasteiger partial charge in [0.1, 0.15) is 6.04 Å². The van der Waals surface area contributed by atoms with Crippen LogP contribution in [0.25, 0.3) is 0 Å². The van der Waals surface area contributed by atoms with Crippen molar-refractivity contribution < 1.29 is 14.3 Å². The predicted molar refractivity (Wildman–Crippen MR) is 77.7 cm³/mol. The Labute approximate surface area is 122 Å². The molecule has 2 rings (SSSR count). The molecule has 2 atom stereocenters. The number of nitrogens with zero attached hydrogens (tertiary/aromatic N) is 1. The van der Waals surface area contributed by atoms with Crippen molar-refractivity contribution in [1.82, 2.24) is 10.2 Å². The van der Waals surface area contributed by atoms with E-state index in [9.17, 15) is 4.79 Å². The average Bonchev–Trinajstić information content (AvgIpc) is 3.22. The van der Waals surface area contributed by atoms with E-state index < -0.39 is 0 Å². The zero-order chi connectivity index (χ0) is 14.6. The Kier molecular flexibility index (Phi) is 5.41. The van der Waals surface area contributed by atoms with Gasteiger partial charge in [0, 0.05) is 26.2 Å². The molecule has 5 nitrogen and oxygen atoms in total. The Morgan fingerprint density at radius 2 is 2.25 bits per heavy atom. The number of nitrogens with one attached hydrogen (secondary N) is 1. The van der Waals surface area contributed by atoms with Crippen LogP contribution in [0.3, 0.4) is 0 Å². The SMILES string of the molecule is CCOC(=O)C(CN1CCCC(C)(OC)C1)NC1CC1. The van der Waals surface area contributed by atoms with E-state index in [0.717, 1.165) is 25.9 Å². The summed E-state index contributed by atoms with van der Waals surface area (Å²) >= 11 is 0. The summed E-state index contributed by atoms with van der Waals surface area (Å²) in [5, 5.41) is 3.41. The molecule has 0 amide bonds. The molecule has 1 aliphatic heterocycles. The molecule has 5 heteroatoms. The standard InChI is InChI=1S/C15H28N2O3/c1-4-20-14(18)13(16-12-6-7-12)10-17-9-5-8-15(2,11-17)19-3/h12-13,16H,4-11H2,1-3H3. The number of piperidine rings is 1. The highest BCUT2D eigenvalue weighted by atomic mass is 16.5. The summed E-state index contributed by atoms with van der Waals surface area (Å²) in [5.41, 5.74) is -0.0863. The molecule has 0 bridgehead atoms. The van der Waals surface area contributed by atoms with Crippen molar-refractivity contribution in [3.63, 3.8) is 0 Å². The lowest BCUT2D eigenvalue weighted by molar-refractivity contribution is -0.147. The third-order valence-electron chi connectivity index (χ3n) is 4.26. The van der Waals surface area contributed by atoms with Gasteiger partial charge in [0.05, 0.1) is 12.2 Å². The summed E-state index contributed by atoms with van der Waals surface area (Å²) in [4.78, 5) is 14.4. The van der Waals surface area contributed by atoms with Crippen LogP contribution in [0.1, 0.15) is 39.5 Å². The van der Waals surface area contributed by atoms with Gasteiger partial charge in [-0.2, -0.15) is 0 Å². The molecule has 1 heterocycles. The summed E-state index contributed by atoms with van der Waals surface area (Å²) in [7, 11) is 1.77. The maximum absolute atomic E-state index is 12.1. The maximum Gasteiger partial charge on any atom is 0.324 e. The molecule has 1 saturated carbocycles. The van der Waals surface area contributed by atoms with Crippen LogP contribution in [-0.4, -0.2) is 61.9 Å². The lowest BCUT2D eigenvalue weighted by Crippen LogP contribution is -2.54. The van der Waals surface area contributed by atoms with E-state index in [1.807, 2.05) is 6.92 Å². The molecule has 1 aliphatic carbocycles. The molecule has 2 unspecified atom stereocenters. The van der Waals surface area contributed by atoms with E-state index in [1.54, 1.807) is 7.11 Å². The fourth-order valence-corrected chi connectivity index (χ4v) is 2.86. The van der Waals surface area contributed by atoms with E-state index in [0.29, 0.717) is 19.2 Å². The van der Waals surface area contributed by atoms with E-state index in [4.69, 9.17) is 9.47 Å². The molecule has 2 fully saturated rings. The van der Waals surface area contributed by atoms with Gasteiger partial charge in [-0.05, 0) is 46.1 Å². The van der Waals surface area contributed by atoms with Crippen LogP contribution < -0.4 is 5.32 Å². The van der Waals surface area contributed by atoms with Crippen molar-refractivity contribution in [2.75, 3.05) is 33.4 Å². The Bertz CT molecular complexity index is 333. The van der Waals surface area contributed by atoms with Crippen molar-refractivity contribution >= 4 is 5.97 Å². The smallest absolute Gasteiger partial charge is 0.324 e. The Balaban J connectivity index is 1.90. The minimum Gasteiger partial charge on any atom is -0.465 e. The van der Waals surface area contributed by atoms with Crippen LogP contribution in [0.4, 0.5) is 0 Å². The van der Waals surface area contributed by atoms with E-state index >= 15 is 0 Å². The van der Waals surface area contributed by atoms with Gasteiger partial charge in [-0.1, -0.05) is 0 Å². The second-order valence-electron chi connectivity index (χ2n) is 6.24. The zero-order valence-electron chi connectivity index (χ0n) is 13.0. The molecule has 0 spiro atoms. The quantitative estimate of drug-likeness (QED) is 0.711. The van der Waals surface area contributed by atoms with Gasteiger partial charge in [-0.3, -0.25) is 9.69 Å². The van der Waals surface area contributed by atoms with Crippen LogP contribution in [0.2, 0.25) is 0 Å². The summed E-state index contributed by atoms with van der Waals surface area (Å²) < 4.78 is 10.8. The molecule has 0 aromatic rings. The number of hydrogen-bond donors (Lipinski definition) is 1. The van der Waals surface area contributed by atoms with Crippen LogP contribution in [0.5, 0.6) is 0 Å². The normalized spacial score (nSPS) is 29.1. The Morgan fingerprint density at radius 1 is 1.50 bits per heavy atom. The number of likely N-dealkylation sites (tertiary alicyclic amines) is 1. The van der Waals surface area contributed by atoms with Crippen LogP contribution in [-0.2, 0) is 14.3 Å². The lowest BCUT2D eigenvalue weighted by atomic mass is 9.94. The van der Waals surface area contributed by atoms with Gasteiger partial charge >= 0.3 is 5.97 Å². The third-order valence-corrected chi connectivity index (χ3v) is 4.26. The van der Waals surface area contributed by atoms with Crippen molar-refractivity contribution in [2.45, 2.75) is 57.2 Å². The molecule has 2 aliphatic rings. The topological polar surface area (TPSA) is 50.8 Å². The lowest BCUT2D eigenvalue weighted by Gasteiger charge is -2.40. The minimum atomic E-state index is -0.207. The minimum absolute atomic E-state index is 0.0863. The van der Waals surface area contributed by atoms with Crippen molar-refractivity contribution in [3.8, 4) is 0 Å². The van der Waals surface area contributed by atoms with E-state index in [1.165, 1.54) is 12.8 Å². The van der Waals surface area contributed by atoms with Gasteiger partial charge in [-0.15, -0.1) is 0 Å². The third kappa shape index (κ3) is 4.43. The maximum atomic E-state index is 12.1. The second kappa shape index (κ2) is 6.87. The molecular formula is C15H28N2O3. The van der Waals surface area contributed by atoms with Gasteiger partial charge in [0.2, 0.25) is 0 Å². The van der Waals surface area contributed by atoms with Gasteiger partial charge < -0.3 is 14.8 Å². The molecular weight excluding hydrogens is 256 g/mol. The first-order valence-electron chi connectivity index (χ1n) is 7.76. The zero-order valence-corrected chi connectivity index (χ0v) is 13.0. The fourth-order valence-electron chi connectivity index (χ4n) is 2.86. The highest BCUT2D eigenvalue weighted by molar-refractivity contribution is 5.76. The number of ether oxygens (including phenoxy) is 2. The summed E-state index contributed by atoms with van der Waals surface area (Å²) in [5.74, 6) is -0.121. The first-order valence-corrected chi connectivity index (χ1v) is 7.76. The number of carbonyl (C=O) groups excluding carboxylic acids is 1. The predicted octanol–water partition coefficient (Wildman–Crippen LogP) is 1.17. The van der Waals surface area contributed by atoms with Gasteiger partial charge in [0.15, 0.2) is 0 Å². The summed E-state index contributed by atoms with van der Waals surface area (Å²) in [6, 6.07) is 0.296. The number of esters is 1. The molecule has 0 aromatic heterocycles. The van der Waals surface area contributed by atoms with Crippen LogP contribution >= 0.6 is 0 Å². The summed E-state index contributed by atoms with van der Waals surface area (Å²) in [6.45, 7) is 7.07. The summed E-state index contributed by atoms with van der Waals surface area (Å²) in [6.07, 6.45) is 4.54. The Hall–Kier alpha value is -0.650. The first-order chi connectivity index (χ1) is 9.56. The molecule has 1 saturated heterocycles. The van der Waals surface area contributed by atoms with Crippen molar-refractivity contribution in [2.24, 2.45) is 0 Å². The molecule has 0 radical (unpaired) electrons. The molecule has 0 aromatic carbocycles. The van der Waals surface area contributed by atoms with Crippen molar-refractivity contribution in [1.29, 1.82) is 0 Å². The van der Waals surface area contributed by atoms with E-state index in [-0.39, 0.29) is 17.6 Å². The average molecular weight is 284 g/mol. The second-order valence-corrected chi connectivity index (χ2v) is 6.24. The monoisotopic (exact) mass is 284 g/mol. The molecule has 20 heavy (non-hydrogen) atoms.